The van der Waals surface area contributed by atoms with Gasteiger partial charge in [-0.05, 0) is 95.7 Å². The zero-order valence-electron chi connectivity index (χ0n) is 43.2. The zero-order valence-corrected chi connectivity index (χ0v) is 46.2. The summed E-state index contributed by atoms with van der Waals surface area (Å²) in [4.78, 5) is 28.9. The van der Waals surface area contributed by atoms with E-state index in [2.05, 4.69) is 104 Å². The number of unbranched alkanes of at least 4 members (excludes halogenated alkanes) is 1. The quantitative estimate of drug-likeness (QED) is 0.0366. The molecule has 0 saturated carbocycles. The van der Waals surface area contributed by atoms with Gasteiger partial charge < -0.3 is 50.0 Å². The smallest absolute Gasteiger partial charge is 0.314 e. The highest BCUT2D eigenvalue weighted by Gasteiger charge is 2.29. The number of likely N-dealkylation sites (N-methyl/N-ethyl adjacent to an activating group) is 2. The number of fused-ring (bicyclic) bond motifs is 2. The van der Waals surface area contributed by atoms with E-state index >= 15 is 0 Å². The van der Waals surface area contributed by atoms with Crippen molar-refractivity contribution < 1.29 is 28.5 Å². The van der Waals surface area contributed by atoms with Gasteiger partial charge in [0.25, 0.3) is 0 Å². The Morgan fingerprint density at radius 3 is 1.37 bits per heavy atom. The van der Waals surface area contributed by atoms with Gasteiger partial charge in [0.2, 0.25) is 0 Å². The molecule has 4 amide bonds. The van der Waals surface area contributed by atoms with Gasteiger partial charge >= 0.3 is 12.1 Å². The number of aromatic nitrogens is 4. The summed E-state index contributed by atoms with van der Waals surface area (Å²) in [6, 6.07) is 24.4. The van der Waals surface area contributed by atoms with Gasteiger partial charge in [-0.1, -0.05) is 94.9 Å². The Bertz CT molecular complexity index is 2660. The van der Waals surface area contributed by atoms with E-state index in [0.717, 1.165) is 59.6 Å². The van der Waals surface area contributed by atoms with E-state index in [4.69, 9.17) is 65.4 Å². The Morgan fingerprint density at radius 1 is 0.526 bits per heavy atom. The van der Waals surface area contributed by atoms with Crippen LogP contribution in [-0.4, -0.2) is 148 Å². The molecule has 4 aromatic carbocycles. The molecular formula is C56H68Cl4N10O6. The summed E-state index contributed by atoms with van der Waals surface area (Å²) in [5.74, 6) is 0.319. The maximum absolute atomic E-state index is 12.2. The van der Waals surface area contributed by atoms with E-state index in [-0.39, 0.29) is 23.9 Å². The number of halogens is 4. The van der Waals surface area contributed by atoms with Crippen molar-refractivity contribution in [2.45, 2.75) is 50.9 Å². The Labute approximate surface area is 465 Å². The standard InChI is InChI=1S/C56H68Cl4N10O6/c1-67-35-49(47-27-45(57)29-53(59)51(47)37-67)41-9-5-7-39(25-41)43-31-65-69(33-43)15-19-75-23-21-73-17-13-63-55(71)61-11-3-4-12-62-56(72)64-14-18-74-22-24-76-20-16-70-34-44(32-66-70)40-8-6-10-42(26-40)50-36-68(2)38-52-48(50)28-46(58)30-54(52)60/h5-10,25-34,49-50H,3-4,11-24,35-38H2,1-2H3,(H2,61,63,71)(H2,62,64,72)/t49-,50-/m0/s1. The van der Waals surface area contributed by atoms with Crippen LogP contribution in [0.2, 0.25) is 20.1 Å². The topological polar surface area (TPSA) is 161 Å². The molecule has 0 aliphatic carbocycles. The van der Waals surface area contributed by atoms with Crippen LogP contribution in [0.25, 0.3) is 22.3 Å². The maximum Gasteiger partial charge on any atom is 0.314 e. The van der Waals surface area contributed by atoms with Crippen molar-refractivity contribution in [1.82, 2.24) is 50.6 Å². The molecule has 0 radical (unpaired) electrons. The van der Waals surface area contributed by atoms with Crippen molar-refractivity contribution >= 4 is 58.5 Å². The van der Waals surface area contributed by atoms with Crippen LogP contribution in [0.1, 0.15) is 58.1 Å². The number of benzene rings is 4. The molecule has 16 nitrogen and oxygen atoms in total. The molecule has 406 valence electrons. The molecule has 4 heterocycles. The van der Waals surface area contributed by atoms with Gasteiger partial charge in [0.05, 0.1) is 78.3 Å². The minimum absolute atomic E-state index is 0.160. The van der Waals surface area contributed by atoms with E-state index in [9.17, 15) is 9.59 Å². The molecule has 2 aliphatic rings. The molecule has 4 N–H and O–H groups in total. The van der Waals surface area contributed by atoms with E-state index in [1.165, 1.54) is 22.3 Å². The molecule has 0 saturated heterocycles. The minimum Gasteiger partial charge on any atom is -0.377 e. The van der Waals surface area contributed by atoms with E-state index < -0.39 is 0 Å². The predicted molar refractivity (Wildman–Crippen MR) is 300 cm³/mol. The molecular weight excluding hydrogens is 1050 g/mol. The summed E-state index contributed by atoms with van der Waals surface area (Å²) < 4.78 is 26.5. The normalized spacial score (nSPS) is 15.6. The molecule has 8 rings (SSSR count). The van der Waals surface area contributed by atoms with E-state index in [0.29, 0.717) is 125 Å². The van der Waals surface area contributed by atoms with Gasteiger partial charge in [-0.15, -0.1) is 0 Å². The molecule has 0 fully saturated rings. The van der Waals surface area contributed by atoms with Crippen molar-refractivity contribution in [2.75, 3.05) is 106 Å². The van der Waals surface area contributed by atoms with Crippen molar-refractivity contribution in [2.24, 2.45) is 0 Å². The first-order chi connectivity index (χ1) is 37.0. The van der Waals surface area contributed by atoms with Crippen molar-refractivity contribution in [3.8, 4) is 22.3 Å². The largest absolute Gasteiger partial charge is 0.377 e. The molecule has 2 aliphatic heterocycles. The SMILES string of the molecule is CN1Cc2c(Cl)cc(Cl)cc2[C@H](c2cccc(-c3cnn(CCOCCOCCNC(=O)NCCCCNC(=O)NCCOCCOCCn4cc(-c5cccc([C@@H]6CN(C)Cc7c(Cl)cc(Cl)cc76)c5)cn4)c3)c2)C1. The third kappa shape index (κ3) is 16.6. The summed E-state index contributed by atoms with van der Waals surface area (Å²) in [6.45, 7) is 9.71. The first-order valence-corrected chi connectivity index (χ1v) is 27.4. The number of nitrogens with zero attached hydrogens (tertiary/aromatic N) is 6. The van der Waals surface area contributed by atoms with Crippen LogP contribution in [0, 0.1) is 0 Å². The third-order valence-electron chi connectivity index (χ3n) is 13.4. The molecule has 6 aromatic rings. The average Bonchev–Trinajstić information content (AvgIpc) is 4.14. The second-order valence-corrected chi connectivity index (χ2v) is 20.9. The van der Waals surface area contributed by atoms with E-state index in [1.807, 2.05) is 58.4 Å². The zero-order chi connectivity index (χ0) is 53.2. The van der Waals surface area contributed by atoms with Crippen LogP contribution < -0.4 is 21.3 Å². The fourth-order valence-electron chi connectivity index (χ4n) is 9.61. The lowest BCUT2D eigenvalue weighted by molar-refractivity contribution is 0.0455. The molecule has 0 bridgehead atoms. The first-order valence-electron chi connectivity index (χ1n) is 25.9. The van der Waals surface area contributed by atoms with Crippen LogP contribution >= 0.6 is 46.4 Å². The Balaban J connectivity index is 0.585. The van der Waals surface area contributed by atoms with Gasteiger partial charge in [-0.2, -0.15) is 10.2 Å². The highest BCUT2D eigenvalue weighted by atomic mass is 35.5. The predicted octanol–water partition coefficient (Wildman–Crippen LogP) is 9.33. The highest BCUT2D eigenvalue weighted by molar-refractivity contribution is 6.35. The third-order valence-corrected chi connectivity index (χ3v) is 14.5. The van der Waals surface area contributed by atoms with Crippen molar-refractivity contribution in [3.63, 3.8) is 0 Å². The molecule has 2 atom stereocenters. The highest BCUT2D eigenvalue weighted by Crippen LogP contribution is 2.41. The summed E-state index contributed by atoms with van der Waals surface area (Å²) >= 11 is 26.1. The summed E-state index contributed by atoms with van der Waals surface area (Å²) in [6.07, 6.45) is 9.26. The first kappa shape index (κ1) is 56.9. The Morgan fingerprint density at radius 2 is 0.934 bits per heavy atom. The number of hydrogen-bond acceptors (Lipinski definition) is 10. The number of carbonyl (C=O) groups is 2. The van der Waals surface area contributed by atoms with Crippen LogP contribution in [0.3, 0.4) is 0 Å². The number of hydrogen-bond donors (Lipinski definition) is 4. The van der Waals surface area contributed by atoms with Gasteiger partial charge in [0, 0.05) is 108 Å². The van der Waals surface area contributed by atoms with Gasteiger partial charge in [0.15, 0.2) is 0 Å². The maximum atomic E-state index is 12.2. The number of urea groups is 2. The molecule has 2 aromatic heterocycles. The summed E-state index contributed by atoms with van der Waals surface area (Å²) in [5.41, 5.74) is 11.3. The molecule has 76 heavy (non-hydrogen) atoms. The number of nitrogens with one attached hydrogen (secondary N) is 4. The lowest BCUT2D eigenvalue weighted by Crippen LogP contribution is -2.39. The summed E-state index contributed by atoms with van der Waals surface area (Å²) in [5, 5.41) is 23.1. The fourth-order valence-corrected chi connectivity index (χ4v) is 10.8. The van der Waals surface area contributed by atoms with Crippen LogP contribution in [0.4, 0.5) is 9.59 Å². The van der Waals surface area contributed by atoms with Crippen LogP contribution in [0.15, 0.2) is 97.6 Å². The van der Waals surface area contributed by atoms with Crippen LogP contribution in [0.5, 0.6) is 0 Å². The van der Waals surface area contributed by atoms with Gasteiger partial charge in [-0.25, -0.2) is 9.59 Å². The second kappa shape index (κ2) is 28.9. The lowest BCUT2D eigenvalue weighted by Gasteiger charge is -2.33. The number of ether oxygens (including phenoxy) is 4. The van der Waals surface area contributed by atoms with E-state index in [1.54, 1.807) is 0 Å². The number of carbonyl (C=O) groups excluding carboxylic acids is 2. The Kier molecular flexibility index (Phi) is 21.7. The lowest BCUT2D eigenvalue weighted by atomic mass is 9.84. The van der Waals surface area contributed by atoms with Crippen LogP contribution in [-0.2, 0) is 45.1 Å². The molecule has 0 unspecified atom stereocenters. The van der Waals surface area contributed by atoms with Crippen molar-refractivity contribution in [1.29, 1.82) is 0 Å². The summed E-state index contributed by atoms with van der Waals surface area (Å²) in [7, 11) is 4.23. The Hall–Kier alpha value is -5.24. The molecule has 0 spiro atoms. The number of rotatable bonds is 27. The minimum atomic E-state index is -0.263. The number of amides is 4. The van der Waals surface area contributed by atoms with Crippen molar-refractivity contribution in [3.05, 3.63) is 151 Å². The monoisotopic (exact) mass is 1120 g/mol. The second-order valence-electron chi connectivity index (χ2n) is 19.2. The average molecular weight is 1120 g/mol. The van der Waals surface area contributed by atoms with Gasteiger partial charge in [0.1, 0.15) is 0 Å². The van der Waals surface area contributed by atoms with Gasteiger partial charge in [-0.3, -0.25) is 9.36 Å². The fraction of sp³-hybridized carbons (Fsp3) is 0.429. The molecule has 20 heteroatoms.